The van der Waals surface area contributed by atoms with Crippen molar-refractivity contribution in [3.05, 3.63) is 89.2 Å². The standard InChI is InChI=1S/C33H35F4N3O4/c1-22-2-7-26(8-3-22)43-27-13-16-40(17-14-27)32(42)25-6-11-30(38-19-25)31(41)18-24-12-15-39(21-29(24)34)20-23-4-9-28(10-5-23)44-33(35,36)37/h2-11,19,24,27,29H,12-18,20-21H2,1H3/t24-,29+/m0/s1. The second-order valence-electron chi connectivity index (χ2n) is 11.5. The molecule has 7 nitrogen and oxygen atoms in total. The Hall–Kier alpha value is -3.99. The molecule has 0 unspecified atom stereocenters. The van der Waals surface area contributed by atoms with Crippen LogP contribution in [0.3, 0.4) is 0 Å². The summed E-state index contributed by atoms with van der Waals surface area (Å²) < 4.78 is 62.1. The molecule has 3 heterocycles. The fraction of sp³-hybridized carbons (Fsp3) is 0.424. The number of aryl methyl sites for hydroxylation is 1. The van der Waals surface area contributed by atoms with Crippen LogP contribution in [0.25, 0.3) is 0 Å². The normalized spacial score (nSPS) is 19.9. The SMILES string of the molecule is Cc1ccc(OC2CCN(C(=O)c3ccc(C(=O)C[C@@H]4CCN(Cc5ccc(OC(F)(F)F)cc5)C[C@H]4F)nc3)CC2)cc1. The predicted octanol–water partition coefficient (Wildman–Crippen LogP) is 6.41. The second kappa shape index (κ2) is 13.8. The van der Waals surface area contributed by atoms with Gasteiger partial charge in [0.05, 0.1) is 5.56 Å². The van der Waals surface area contributed by atoms with Gasteiger partial charge in [0.1, 0.15) is 29.5 Å². The van der Waals surface area contributed by atoms with Crippen LogP contribution in [0.2, 0.25) is 0 Å². The van der Waals surface area contributed by atoms with Gasteiger partial charge in [0.2, 0.25) is 0 Å². The van der Waals surface area contributed by atoms with Crippen molar-refractivity contribution in [3.8, 4) is 11.5 Å². The average molecular weight is 614 g/mol. The predicted molar refractivity (Wildman–Crippen MR) is 155 cm³/mol. The number of ketones is 1. The lowest BCUT2D eigenvalue weighted by Gasteiger charge is -2.34. The van der Waals surface area contributed by atoms with E-state index >= 15 is 4.39 Å². The van der Waals surface area contributed by atoms with Crippen molar-refractivity contribution in [2.24, 2.45) is 5.92 Å². The van der Waals surface area contributed by atoms with Crippen LogP contribution in [-0.4, -0.2) is 71.3 Å². The number of aromatic nitrogens is 1. The molecule has 0 bridgehead atoms. The largest absolute Gasteiger partial charge is 0.573 e. The Morgan fingerprint density at radius 3 is 2.20 bits per heavy atom. The zero-order valence-electron chi connectivity index (χ0n) is 24.4. The first kappa shape index (κ1) is 31.4. The first-order chi connectivity index (χ1) is 21.0. The third-order valence-electron chi connectivity index (χ3n) is 8.12. The van der Waals surface area contributed by atoms with Gasteiger partial charge in [-0.3, -0.25) is 19.5 Å². The summed E-state index contributed by atoms with van der Waals surface area (Å²) in [4.78, 5) is 33.8. The number of halogens is 4. The number of hydrogen-bond acceptors (Lipinski definition) is 6. The first-order valence-electron chi connectivity index (χ1n) is 14.8. The van der Waals surface area contributed by atoms with E-state index in [4.69, 9.17) is 4.74 Å². The van der Waals surface area contributed by atoms with Gasteiger partial charge in [0.15, 0.2) is 5.78 Å². The quantitative estimate of drug-likeness (QED) is 0.205. The number of pyridine rings is 1. The van der Waals surface area contributed by atoms with E-state index < -0.39 is 18.5 Å². The zero-order valence-corrected chi connectivity index (χ0v) is 24.4. The summed E-state index contributed by atoms with van der Waals surface area (Å²) in [5, 5.41) is 0. The van der Waals surface area contributed by atoms with Crippen molar-refractivity contribution in [2.45, 2.75) is 57.8 Å². The Kier molecular flexibility index (Phi) is 9.83. The summed E-state index contributed by atoms with van der Waals surface area (Å²) in [6.45, 7) is 4.18. The van der Waals surface area contributed by atoms with E-state index in [1.54, 1.807) is 11.0 Å². The molecular weight excluding hydrogens is 578 g/mol. The molecule has 0 radical (unpaired) electrons. The van der Waals surface area contributed by atoms with Gasteiger partial charge in [-0.2, -0.15) is 0 Å². The molecule has 2 atom stereocenters. The van der Waals surface area contributed by atoms with Gasteiger partial charge in [-0.15, -0.1) is 13.2 Å². The van der Waals surface area contributed by atoms with Gasteiger partial charge in [-0.25, -0.2) is 4.39 Å². The van der Waals surface area contributed by atoms with Crippen LogP contribution in [0.15, 0.2) is 66.9 Å². The van der Waals surface area contributed by atoms with E-state index in [-0.39, 0.29) is 42.2 Å². The third kappa shape index (κ3) is 8.56. The van der Waals surface area contributed by atoms with Crippen molar-refractivity contribution in [2.75, 3.05) is 26.2 Å². The van der Waals surface area contributed by atoms with Gasteiger partial charge < -0.3 is 14.4 Å². The van der Waals surface area contributed by atoms with E-state index in [2.05, 4.69) is 9.72 Å². The molecule has 0 N–H and O–H groups in total. The summed E-state index contributed by atoms with van der Waals surface area (Å²) in [5.74, 6) is -0.380. The summed E-state index contributed by atoms with van der Waals surface area (Å²) in [6.07, 6.45) is -2.64. The number of piperidine rings is 2. The van der Waals surface area contributed by atoms with E-state index in [9.17, 15) is 22.8 Å². The number of carbonyl (C=O) groups excluding carboxylic acids is 2. The third-order valence-corrected chi connectivity index (χ3v) is 8.12. The van der Waals surface area contributed by atoms with Crippen LogP contribution in [0.4, 0.5) is 17.6 Å². The number of amides is 1. The lowest BCUT2D eigenvalue weighted by atomic mass is 9.89. The molecule has 3 aromatic rings. The minimum absolute atomic E-state index is 0.00722. The highest BCUT2D eigenvalue weighted by molar-refractivity contribution is 5.97. The number of carbonyl (C=O) groups is 2. The summed E-state index contributed by atoms with van der Waals surface area (Å²) in [5.41, 5.74) is 2.49. The van der Waals surface area contributed by atoms with Crippen LogP contribution in [-0.2, 0) is 6.54 Å². The number of hydrogen-bond donors (Lipinski definition) is 0. The summed E-state index contributed by atoms with van der Waals surface area (Å²) in [7, 11) is 0. The highest BCUT2D eigenvalue weighted by Crippen LogP contribution is 2.28. The number of rotatable bonds is 9. The molecular formula is C33H35F4N3O4. The number of nitrogens with zero attached hydrogens (tertiary/aromatic N) is 3. The second-order valence-corrected chi connectivity index (χ2v) is 11.5. The molecule has 2 aliphatic heterocycles. The highest BCUT2D eigenvalue weighted by Gasteiger charge is 2.33. The fourth-order valence-corrected chi connectivity index (χ4v) is 5.64. The lowest BCUT2D eigenvalue weighted by Crippen LogP contribution is -2.42. The molecule has 2 aliphatic rings. The minimum atomic E-state index is -4.76. The van der Waals surface area contributed by atoms with Crippen molar-refractivity contribution in [1.82, 2.24) is 14.8 Å². The number of alkyl halides is 4. The van der Waals surface area contributed by atoms with Gasteiger partial charge in [0, 0.05) is 51.6 Å². The highest BCUT2D eigenvalue weighted by atomic mass is 19.4. The monoisotopic (exact) mass is 613 g/mol. The zero-order chi connectivity index (χ0) is 31.3. The van der Waals surface area contributed by atoms with Crippen molar-refractivity contribution >= 4 is 11.7 Å². The van der Waals surface area contributed by atoms with Gasteiger partial charge in [0.25, 0.3) is 5.91 Å². The Labute approximate surface area is 253 Å². The van der Waals surface area contributed by atoms with Crippen LogP contribution in [0.5, 0.6) is 11.5 Å². The number of ether oxygens (including phenoxy) is 2. The van der Waals surface area contributed by atoms with Crippen LogP contribution >= 0.6 is 0 Å². The minimum Gasteiger partial charge on any atom is -0.490 e. The van der Waals surface area contributed by atoms with Gasteiger partial charge in [-0.05, 0) is 67.8 Å². The fourth-order valence-electron chi connectivity index (χ4n) is 5.64. The molecule has 0 spiro atoms. The Morgan fingerprint density at radius 1 is 0.909 bits per heavy atom. The smallest absolute Gasteiger partial charge is 0.490 e. The van der Waals surface area contributed by atoms with E-state index in [1.807, 2.05) is 36.1 Å². The number of Topliss-reactive ketones (excluding diaryl/α,β-unsaturated/α-hetero) is 1. The molecule has 44 heavy (non-hydrogen) atoms. The van der Waals surface area contributed by atoms with Crippen LogP contribution in [0, 0.1) is 12.8 Å². The summed E-state index contributed by atoms with van der Waals surface area (Å²) >= 11 is 0. The van der Waals surface area contributed by atoms with Crippen molar-refractivity contribution in [3.63, 3.8) is 0 Å². The first-order valence-corrected chi connectivity index (χ1v) is 14.8. The Morgan fingerprint density at radius 2 is 1.59 bits per heavy atom. The van der Waals surface area contributed by atoms with Crippen LogP contribution in [0.1, 0.15) is 57.7 Å². The lowest BCUT2D eigenvalue weighted by molar-refractivity contribution is -0.274. The van der Waals surface area contributed by atoms with E-state index in [0.717, 1.165) is 29.7 Å². The molecule has 2 fully saturated rings. The molecule has 0 aliphatic carbocycles. The van der Waals surface area contributed by atoms with Gasteiger partial charge in [-0.1, -0.05) is 29.8 Å². The van der Waals surface area contributed by atoms with Crippen molar-refractivity contribution < 1.29 is 36.6 Å². The van der Waals surface area contributed by atoms with Crippen LogP contribution < -0.4 is 9.47 Å². The topological polar surface area (TPSA) is 72.0 Å². The molecule has 2 saturated heterocycles. The molecule has 2 aromatic carbocycles. The maximum atomic E-state index is 15.0. The molecule has 234 valence electrons. The summed E-state index contributed by atoms with van der Waals surface area (Å²) in [6, 6.07) is 16.5. The molecule has 1 aromatic heterocycles. The maximum Gasteiger partial charge on any atom is 0.573 e. The Balaban J connectivity index is 1.06. The molecule has 5 rings (SSSR count). The molecule has 11 heteroatoms. The van der Waals surface area contributed by atoms with E-state index in [1.165, 1.54) is 36.5 Å². The molecule has 0 saturated carbocycles. The van der Waals surface area contributed by atoms with E-state index in [0.29, 0.717) is 38.2 Å². The maximum absolute atomic E-state index is 15.0. The molecule has 1 amide bonds. The number of likely N-dealkylation sites (tertiary alicyclic amines) is 2. The van der Waals surface area contributed by atoms with Crippen molar-refractivity contribution in [1.29, 1.82) is 0 Å². The number of benzene rings is 2. The average Bonchev–Trinajstić information content (AvgIpc) is 3.00. The van der Waals surface area contributed by atoms with Gasteiger partial charge >= 0.3 is 6.36 Å². The Bertz CT molecular complexity index is 1410.